The van der Waals surface area contributed by atoms with Crippen molar-refractivity contribution in [1.29, 1.82) is 0 Å². The lowest BCUT2D eigenvalue weighted by Crippen LogP contribution is -2.16. The van der Waals surface area contributed by atoms with Crippen LogP contribution in [0.15, 0.2) is 12.1 Å². The Kier molecular flexibility index (Phi) is 4.71. The standard InChI is InChI=1S/C11H15FN2O3/c1-16-9-6-10(17-2)8(5-7(9)12)14-11(15)3-4-13/h5-6H,3-4,13H2,1-2H3,(H,14,15). The molecule has 0 aliphatic rings. The number of halogens is 1. The van der Waals surface area contributed by atoms with Gasteiger partial charge >= 0.3 is 0 Å². The predicted molar refractivity (Wildman–Crippen MR) is 61.8 cm³/mol. The van der Waals surface area contributed by atoms with E-state index in [4.69, 9.17) is 15.2 Å². The number of rotatable bonds is 5. The number of benzene rings is 1. The van der Waals surface area contributed by atoms with Gasteiger partial charge in [0.2, 0.25) is 5.91 Å². The van der Waals surface area contributed by atoms with E-state index in [1.165, 1.54) is 20.3 Å². The molecule has 1 aromatic rings. The largest absolute Gasteiger partial charge is 0.494 e. The van der Waals surface area contributed by atoms with Crippen LogP contribution in [-0.4, -0.2) is 26.7 Å². The van der Waals surface area contributed by atoms with E-state index in [2.05, 4.69) is 5.32 Å². The summed E-state index contributed by atoms with van der Waals surface area (Å²) in [6, 6.07) is 2.51. The topological polar surface area (TPSA) is 73.6 Å². The first-order valence-corrected chi connectivity index (χ1v) is 5.03. The Balaban J connectivity index is 2.98. The fourth-order valence-corrected chi connectivity index (χ4v) is 1.30. The molecule has 0 atom stereocenters. The van der Waals surface area contributed by atoms with Gasteiger partial charge in [-0.25, -0.2) is 4.39 Å². The molecule has 0 unspecified atom stereocenters. The molecule has 0 fully saturated rings. The van der Waals surface area contributed by atoms with Crippen molar-refractivity contribution in [2.45, 2.75) is 6.42 Å². The average molecular weight is 242 g/mol. The summed E-state index contributed by atoms with van der Waals surface area (Å²) in [5, 5.41) is 2.52. The van der Waals surface area contributed by atoms with Crippen LogP contribution in [0.3, 0.4) is 0 Å². The number of carbonyl (C=O) groups is 1. The summed E-state index contributed by atoms with van der Waals surface area (Å²) in [5.74, 6) is -0.487. The number of hydrogen-bond donors (Lipinski definition) is 2. The van der Waals surface area contributed by atoms with Crippen molar-refractivity contribution >= 4 is 11.6 Å². The Morgan fingerprint density at radius 1 is 1.35 bits per heavy atom. The van der Waals surface area contributed by atoms with Gasteiger partial charge in [-0.15, -0.1) is 0 Å². The third kappa shape index (κ3) is 3.32. The maximum atomic E-state index is 13.4. The molecular weight excluding hydrogens is 227 g/mol. The minimum atomic E-state index is -0.573. The Bertz CT molecular complexity index is 410. The van der Waals surface area contributed by atoms with Gasteiger partial charge in [0.05, 0.1) is 19.9 Å². The molecule has 3 N–H and O–H groups in total. The van der Waals surface area contributed by atoms with Crippen LogP contribution in [0.25, 0.3) is 0 Å². The molecule has 0 spiro atoms. The zero-order valence-electron chi connectivity index (χ0n) is 9.75. The van der Waals surface area contributed by atoms with Crippen LogP contribution < -0.4 is 20.5 Å². The van der Waals surface area contributed by atoms with Gasteiger partial charge in [0.25, 0.3) is 0 Å². The van der Waals surface area contributed by atoms with Gasteiger partial charge in [0.1, 0.15) is 5.75 Å². The molecule has 0 aromatic heterocycles. The lowest BCUT2D eigenvalue weighted by molar-refractivity contribution is -0.116. The van der Waals surface area contributed by atoms with E-state index in [-0.39, 0.29) is 30.3 Å². The van der Waals surface area contributed by atoms with Crippen LogP contribution in [0, 0.1) is 5.82 Å². The first kappa shape index (κ1) is 13.2. The highest BCUT2D eigenvalue weighted by molar-refractivity contribution is 5.92. The highest BCUT2D eigenvalue weighted by atomic mass is 19.1. The highest BCUT2D eigenvalue weighted by Crippen LogP contribution is 2.31. The second-order valence-electron chi connectivity index (χ2n) is 3.27. The molecule has 0 saturated carbocycles. The minimum absolute atomic E-state index is 0.0543. The fourth-order valence-electron chi connectivity index (χ4n) is 1.30. The quantitative estimate of drug-likeness (QED) is 0.811. The third-order valence-corrected chi connectivity index (χ3v) is 2.12. The summed E-state index contributed by atoms with van der Waals surface area (Å²) in [6.45, 7) is 0.229. The molecule has 0 aliphatic carbocycles. The molecule has 1 rings (SSSR count). The van der Waals surface area contributed by atoms with E-state index in [1.807, 2.05) is 0 Å². The van der Waals surface area contributed by atoms with Gasteiger partial charge in [0.15, 0.2) is 11.6 Å². The number of amides is 1. The number of ether oxygens (including phenoxy) is 2. The molecule has 5 nitrogen and oxygen atoms in total. The van der Waals surface area contributed by atoms with E-state index in [1.54, 1.807) is 0 Å². The van der Waals surface area contributed by atoms with Gasteiger partial charge < -0.3 is 20.5 Å². The van der Waals surface area contributed by atoms with E-state index in [0.717, 1.165) is 6.07 Å². The van der Waals surface area contributed by atoms with Crippen LogP contribution in [0.2, 0.25) is 0 Å². The third-order valence-electron chi connectivity index (χ3n) is 2.12. The minimum Gasteiger partial charge on any atom is -0.494 e. The summed E-state index contributed by atoms with van der Waals surface area (Å²) in [5.41, 5.74) is 5.50. The maximum Gasteiger partial charge on any atom is 0.225 e. The van der Waals surface area contributed by atoms with Crippen LogP contribution in [0.5, 0.6) is 11.5 Å². The van der Waals surface area contributed by atoms with E-state index in [9.17, 15) is 9.18 Å². The lowest BCUT2D eigenvalue weighted by atomic mass is 10.2. The van der Waals surface area contributed by atoms with Crippen molar-refractivity contribution in [3.63, 3.8) is 0 Å². The fraction of sp³-hybridized carbons (Fsp3) is 0.364. The van der Waals surface area contributed by atoms with E-state index >= 15 is 0 Å². The summed E-state index contributed by atoms with van der Waals surface area (Å²) in [6.07, 6.45) is 0.163. The van der Waals surface area contributed by atoms with E-state index in [0.29, 0.717) is 5.75 Å². The second kappa shape index (κ2) is 6.05. The van der Waals surface area contributed by atoms with Crippen molar-refractivity contribution in [1.82, 2.24) is 0 Å². The van der Waals surface area contributed by atoms with Crippen molar-refractivity contribution in [3.05, 3.63) is 17.9 Å². The Labute approximate surface area is 98.7 Å². The molecular formula is C11H15FN2O3. The molecule has 94 valence electrons. The monoisotopic (exact) mass is 242 g/mol. The lowest BCUT2D eigenvalue weighted by Gasteiger charge is -2.12. The van der Waals surface area contributed by atoms with Crippen LogP contribution >= 0.6 is 0 Å². The Hall–Kier alpha value is -1.82. The molecule has 0 saturated heterocycles. The van der Waals surface area contributed by atoms with E-state index < -0.39 is 5.82 Å². The van der Waals surface area contributed by atoms with Crippen molar-refractivity contribution in [2.75, 3.05) is 26.1 Å². The molecule has 0 heterocycles. The van der Waals surface area contributed by atoms with Gasteiger partial charge in [-0.3, -0.25) is 4.79 Å². The summed E-state index contributed by atoms with van der Waals surface area (Å²) >= 11 is 0. The van der Waals surface area contributed by atoms with Gasteiger partial charge in [-0.05, 0) is 0 Å². The molecule has 6 heteroatoms. The number of anilines is 1. The maximum absolute atomic E-state index is 13.4. The summed E-state index contributed by atoms with van der Waals surface area (Å²) in [4.78, 5) is 11.3. The smallest absolute Gasteiger partial charge is 0.225 e. The van der Waals surface area contributed by atoms with Crippen molar-refractivity contribution < 1.29 is 18.7 Å². The van der Waals surface area contributed by atoms with Crippen LogP contribution in [-0.2, 0) is 4.79 Å². The zero-order chi connectivity index (χ0) is 12.8. The number of hydrogen-bond acceptors (Lipinski definition) is 4. The number of methoxy groups -OCH3 is 2. The Morgan fingerprint density at radius 2 is 2.00 bits per heavy atom. The zero-order valence-corrected chi connectivity index (χ0v) is 9.75. The highest BCUT2D eigenvalue weighted by Gasteiger charge is 2.12. The first-order chi connectivity index (χ1) is 8.12. The molecule has 0 radical (unpaired) electrons. The number of carbonyl (C=O) groups excluding carboxylic acids is 1. The van der Waals surface area contributed by atoms with Crippen LogP contribution in [0.4, 0.5) is 10.1 Å². The van der Waals surface area contributed by atoms with Crippen molar-refractivity contribution in [3.8, 4) is 11.5 Å². The molecule has 1 amide bonds. The average Bonchev–Trinajstić information content (AvgIpc) is 2.29. The van der Waals surface area contributed by atoms with Gasteiger partial charge in [-0.2, -0.15) is 0 Å². The molecule has 0 bridgehead atoms. The number of nitrogens with one attached hydrogen (secondary N) is 1. The predicted octanol–water partition coefficient (Wildman–Crippen LogP) is 1.13. The first-order valence-electron chi connectivity index (χ1n) is 5.03. The normalized spacial score (nSPS) is 9.88. The number of nitrogens with two attached hydrogens (primary N) is 1. The van der Waals surface area contributed by atoms with Crippen LogP contribution in [0.1, 0.15) is 6.42 Å². The van der Waals surface area contributed by atoms with Gasteiger partial charge in [-0.1, -0.05) is 0 Å². The second-order valence-corrected chi connectivity index (χ2v) is 3.27. The summed E-state index contributed by atoms with van der Waals surface area (Å²) in [7, 11) is 2.77. The molecule has 0 aliphatic heterocycles. The SMILES string of the molecule is COc1cc(OC)c(NC(=O)CCN)cc1F. The summed E-state index contributed by atoms with van der Waals surface area (Å²) < 4.78 is 23.3. The Morgan fingerprint density at radius 3 is 2.53 bits per heavy atom. The molecule has 17 heavy (non-hydrogen) atoms. The van der Waals surface area contributed by atoms with Crippen molar-refractivity contribution in [2.24, 2.45) is 5.73 Å². The molecule has 1 aromatic carbocycles. The van der Waals surface area contributed by atoms with Gasteiger partial charge in [0, 0.05) is 25.1 Å².